The molecule has 0 atom stereocenters. The van der Waals surface area contributed by atoms with Gasteiger partial charge in [0.1, 0.15) is 0 Å². The summed E-state index contributed by atoms with van der Waals surface area (Å²) in [6.45, 7) is 2.75. The van der Waals surface area contributed by atoms with E-state index in [0.717, 1.165) is 12.2 Å². The molecule has 0 saturated heterocycles. The minimum atomic E-state index is 0.681. The molecule has 0 fully saturated rings. The van der Waals surface area contributed by atoms with Gasteiger partial charge in [-0.15, -0.1) is 0 Å². The number of nitrogen functional groups attached to an aromatic ring is 1. The lowest BCUT2D eigenvalue weighted by atomic mass is 10.3. The van der Waals surface area contributed by atoms with Gasteiger partial charge in [0.15, 0.2) is 11.5 Å². The van der Waals surface area contributed by atoms with E-state index in [1.165, 1.54) is 0 Å². The van der Waals surface area contributed by atoms with Gasteiger partial charge in [-0.1, -0.05) is 6.92 Å². The molecule has 0 saturated carbocycles. The van der Waals surface area contributed by atoms with E-state index < -0.39 is 0 Å². The fraction of sp³-hybridized carbons (Fsp3) is 0.400. The third kappa shape index (κ3) is 2.54. The molecule has 3 nitrogen and oxygen atoms in total. The van der Waals surface area contributed by atoms with Crippen LogP contribution in [0.15, 0.2) is 18.2 Å². The maximum Gasteiger partial charge on any atom is 0.162 e. The van der Waals surface area contributed by atoms with Crippen LogP contribution < -0.4 is 15.2 Å². The van der Waals surface area contributed by atoms with Crippen LogP contribution in [-0.4, -0.2) is 13.7 Å². The lowest BCUT2D eigenvalue weighted by Crippen LogP contribution is -1.98. The standard InChI is InChI=1S/C10H15NO2/c1-3-6-13-9-5-4-8(11)7-10(9)12-2/h4-5,7H,3,6,11H2,1-2H3. The molecule has 0 unspecified atom stereocenters. The van der Waals surface area contributed by atoms with Crippen LogP contribution in [-0.2, 0) is 0 Å². The average molecular weight is 181 g/mol. The molecular formula is C10H15NO2. The van der Waals surface area contributed by atoms with Gasteiger partial charge in [-0.2, -0.15) is 0 Å². The Morgan fingerprint density at radius 1 is 1.31 bits per heavy atom. The first kappa shape index (κ1) is 9.71. The van der Waals surface area contributed by atoms with Crippen molar-refractivity contribution >= 4 is 5.69 Å². The molecule has 0 aliphatic carbocycles. The molecule has 0 heterocycles. The van der Waals surface area contributed by atoms with Crippen molar-refractivity contribution < 1.29 is 9.47 Å². The Morgan fingerprint density at radius 2 is 2.08 bits per heavy atom. The number of hydrogen-bond acceptors (Lipinski definition) is 3. The molecule has 0 aromatic heterocycles. The number of ether oxygens (including phenoxy) is 2. The molecule has 1 rings (SSSR count). The largest absolute Gasteiger partial charge is 0.493 e. The molecule has 72 valence electrons. The first-order chi connectivity index (χ1) is 6.27. The zero-order chi connectivity index (χ0) is 9.68. The Kier molecular flexibility index (Phi) is 3.43. The van der Waals surface area contributed by atoms with Crippen LogP contribution in [0.25, 0.3) is 0 Å². The summed E-state index contributed by atoms with van der Waals surface area (Å²) in [6.07, 6.45) is 0.980. The summed E-state index contributed by atoms with van der Waals surface area (Å²) in [5, 5.41) is 0. The molecule has 0 amide bonds. The van der Waals surface area contributed by atoms with Crippen molar-refractivity contribution in [1.29, 1.82) is 0 Å². The van der Waals surface area contributed by atoms with E-state index in [2.05, 4.69) is 6.92 Å². The molecule has 0 radical (unpaired) electrons. The second-order valence-corrected chi connectivity index (χ2v) is 2.76. The fourth-order valence-electron chi connectivity index (χ4n) is 1.02. The zero-order valence-corrected chi connectivity index (χ0v) is 8.04. The van der Waals surface area contributed by atoms with E-state index in [-0.39, 0.29) is 0 Å². The Labute approximate surface area is 78.5 Å². The summed E-state index contributed by atoms with van der Waals surface area (Å²) in [4.78, 5) is 0. The summed E-state index contributed by atoms with van der Waals surface area (Å²) >= 11 is 0. The van der Waals surface area contributed by atoms with Gasteiger partial charge in [-0.25, -0.2) is 0 Å². The number of nitrogens with two attached hydrogens (primary N) is 1. The molecule has 0 bridgehead atoms. The molecule has 1 aromatic rings. The van der Waals surface area contributed by atoms with Crippen molar-refractivity contribution in [2.75, 3.05) is 19.5 Å². The number of methoxy groups -OCH3 is 1. The fourth-order valence-corrected chi connectivity index (χ4v) is 1.02. The van der Waals surface area contributed by atoms with Crippen LogP contribution in [0.3, 0.4) is 0 Å². The Hall–Kier alpha value is -1.38. The summed E-state index contributed by atoms with van der Waals surface area (Å²) in [5.74, 6) is 1.44. The second-order valence-electron chi connectivity index (χ2n) is 2.76. The lowest BCUT2D eigenvalue weighted by molar-refractivity contribution is 0.294. The molecule has 2 N–H and O–H groups in total. The molecule has 1 aromatic carbocycles. The van der Waals surface area contributed by atoms with Gasteiger partial charge in [-0.3, -0.25) is 0 Å². The Balaban J connectivity index is 2.79. The SMILES string of the molecule is CCCOc1ccc(N)cc1OC. The van der Waals surface area contributed by atoms with Crippen LogP contribution in [0, 0.1) is 0 Å². The molecule has 0 spiro atoms. The highest BCUT2D eigenvalue weighted by atomic mass is 16.5. The summed E-state index contributed by atoms with van der Waals surface area (Å²) in [7, 11) is 1.60. The molecule has 3 heteroatoms. The zero-order valence-electron chi connectivity index (χ0n) is 8.04. The van der Waals surface area contributed by atoms with Gasteiger partial charge in [0.2, 0.25) is 0 Å². The average Bonchev–Trinajstić information content (AvgIpc) is 2.16. The molecule has 13 heavy (non-hydrogen) atoms. The van der Waals surface area contributed by atoms with Crippen molar-refractivity contribution in [1.82, 2.24) is 0 Å². The highest BCUT2D eigenvalue weighted by Crippen LogP contribution is 2.28. The van der Waals surface area contributed by atoms with Crippen molar-refractivity contribution in [3.63, 3.8) is 0 Å². The van der Waals surface area contributed by atoms with E-state index in [1.54, 1.807) is 19.2 Å². The highest BCUT2D eigenvalue weighted by molar-refractivity contribution is 5.51. The van der Waals surface area contributed by atoms with Crippen LogP contribution in [0.2, 0.25) is 0 Å². The van der Waals surface area contributed by atoms with Gasteiger partial charge in [0.25, 0.3) is 0 Å². The predicted molar refractivity (Wildman–Crippen MR) is 53.2 cm³/mol. The normalized spacial score (nSPS) is 9.69. The highest BCUT2D eigenvalue weighted by Gasteiger charge is 2.03. The van der Waals surface area contributed by atoms with Gasteiger partial charge in [-0.05, 0) is 18.6 Å². The quantitative estimate of drug-likeness (QED) is 0.723. The van der Waals surface area contributed by atoms with Gasteiger partial charge >= 0.3 is 0 Å². The topological polar surface area (TPSA) is 44.5 Å². The smallest absolute Gasteiger partial charge is 0.162 e. The van der Waals surface area contributed by atoms with Crippen LogP contribution in [0.5, 0.6) is 11.5 Å². The van der Waals surface area contributed by atoms with Crippen LogP contribution in [0.4, 0.5) is 5.69 Å². The van der Waals surface area contributed by atoms with E-state index in [0.29, 0.717) is 18.0 Å². The van der Waals surface area contributed by atoms with Gasteiger partial charge < -0.3 is 15.2 Å². The van der Waals surface area contributed by atoms with E-state index in [4.69, 9.17) is 15.2 Å². The molecule has 0 aliphatic heterocycles. The van der Waals surface area contributed by atoms with Gasteiger partial charge in [0, 0.05) is 11.8 Å². The lowest BCUT2D eigenvalue weighted by Gasteiger charge is -2.09. The number of anilines is 1. The monoisotopic (exact) mass is 181 g/mol. The van der Waals surface area contributed by atoms with E-state index in [1.807, 2.05) is 6.07 Å². The Bertz CT molecular complexity index is 274. The number of hydrogen-bond donors (Lipinski definition) is 1. The molecular weight excluding hydrogens is 166 g/mol. The number of benzene rings is 1. The Morgan fingerprint density at radius 3 is 2.69 bits per heavy atom. The first-order valence-corrected chi connectivity index (χ1v) is 4.34. The third-order valence-corrected chi connectivity index (χ3v) is 1.65. The van der Waals surface area contributed by atoms with Crippen LogP contribution >= 0.6 is 0 Å². The van der Waals surface area contributed by atoms with Crippen molar-refractivity contribution in [2.45, 2.75) is 13.3 Å². The van der Waals surface area contributed by atoms with Crippen molar-refractivity contribution in [2.24, 2.45) is 0 Å². The summed E-state index contributed by atoms with van der Waals surface area (Å²) < 4.78 is 10.6. The maximum absolute atomic E-state index is 5.60. The van der Waals surface area contributed by atoms with Crippen molar-refractivity contribution in [3.05, 3.63) is 18.2 Å². The van der Waals surface area contributed by atoms with E-state index in [9.17, 15) is 0 Å². The minimum absolute atomic E-state index is 0.681. The minimum Gasteiger partial charge on any atom is -0.493 e. The predicted octanol–water partition coefficient (Wildman–Crippen LogP) is 2.07. The van der Waals surface area contributed by atoms with Crippen LogP contribution in [0.1, 0.15) is 13.3 Å². The first-order valence-electron chi connectivity index (χ1n) is 4.34. The van der Waals surface area contributed by atoms with Crippen molar-refractivity contribution in [3.8, 4) is 11.5 Å². The maximum atomic E-state index is 5.60. The second kappa shape index (κ2) is 4.60. The molecule has 0 aliphatic rings. The summed E-state index contributed by atoms with van der Waals surface area (Å²) in [5.41, 5.74) is 6.28. The van der Waals surface area contributed by atoms with Gasteiger partial charge in [0.05, 0.1) is 13.7 Å². The number of rotatable bonds is 4. The van der Waals surface area contributed by atoms with E-state index >= 15 is 0 Å². The third-order valence-electron chi connectivity index (χ3n) is 1.65. The summed E-state index contributed by atoms with van der Waals surface area (Å²) in [6, 6.07) is 5.38.